The predicted molar refractivity (Wildman–Crippen MR) is 125 cm³/mol. The molecule has 0 aliphatic carbocycles. The molecule has 0 aliphatic heterocycles. The number of H-pyrrole nitrogens is 1. The Kier molecular flexibility index (Phi) is 6.31. The molecule has 2 aromatic heterocycles. The largest absolute Gasteiger partial charge is 0.361 e. The first-order valence-electron chi connectivity index (χ1n) is 10.5. The lowest BCUT2D eigenvalue weighted by Gasteiger charge is -2.24. The molecule has 0 radical (unpaired) electrons. The Morgan fingerprint density at radius 1 is 1.07 bits per heavy atom. The number of quaternary nitrogens is 1. The van der Waals surface area contributed by atoms with Gasteiger partial charge >= 0.3 is 0 Å². The van der Waals surface area contributed by atoms with E-state index in [0.717, 1.165) is 17.7 Å². The summed E-state index contributed by atoms with van der Waals surface area (Å²) in [6.07, 6.45) is 2.12. The van der Waals surface area contributed by atoms with E-state index >= 15 is 0 Å². The minimum absolute atomic E-state index is 0.146. The number of carbonyl (C=O) groups is 1. The Balaban J connectivity index is 1.53. The number of benzene rings is 2. The minimum Gasteiger partial charge on any atom is -0.361 e. The molecule has 5 heteroatoms. The van der Waals surface area contributed by atoms with Gasteiger partial charge in [0.05, 0.1) is 12.5 Å². The number of rotatable bonds is 8. The summed E-state index contributed by atoms with van der Waals surface area (Å²) in [5.41, 5.74) is 3.40. The van der Waals surface area contributed by atoms with Gasteiger partial charge in [-0.2, -0.15) is 0 Å². The molecule has 30 heavy (non-hydrogen) atoms. The third kappa shape index (κ3) is 4.18. The van der Waals surface area contributed by atoms with Crippen molar-refractivity contribution in [1.29, 1.82) is 0 Å². The first-order chi connectivity index (χ1) is 14.7. The zero-order valence-corrected chi connectivity index (χ0v) is 18.2. The number of amides is 1. The van der Waals surface area contributed by atoms with E-state index in [1.807, 2.05) is 49.1 Å². The summed E-state index contributed by atoms with van der Waals surface area (Å²) in [4.78, 5) is 19.8. The lowest BCUT2D eigenvalue weighted by atomic mass is 9.96. The molecule has 0 saturated heterocycles. The lowest BCUT2D eigenvalue weighted by Crippen LogP contribution is -2.92. The Morgan fingerprint density at radius 3 is 2.57 bits per heavy atom. The van der Waals surface area contributed by atoms with Crippen LogP contribution in [0.15, 0.2) is 78.3 Å². The van der Waals surface area contributed by atoms with Crippen molar-refractivity contribution < 1.29 is 10.1 Å². The van der Waals surface area contributed by atoms with Crippen LogP contribution in [0.4, 0.5) is 5.69 Å². The molecule has 3 N–H and O–H groups in total. The van der Waals surface area contributed by atoms with Gasteiger partial charge in [-0.3, -0.25) is 4.79 Å². The minimum atomic E-state index is -0.155. The molecule has 2 atom stereocenters. The van der Waals surface area contributed by atoms with Crippen LogP contribution in [0.3, 0.4) is 0 Å². The van der Waals surface area contributed by atoms with Crippen LogP contribution in [-0.2, 0) is 4.79 Å². The summed E-state index contributed by atoms with van der Waals surface area (Å²) in [5, 5.41) is 5.56. The molecular formula is C25H28N3OS+. The Hall–Kier alpha value is -2.89. The monoisotopic (exact) mass is 418 g/mol. The van der Waals surface area contributed by atoms with E-state index in [1.165, 1.54) is 15.8 Å². The predicted octanol–water partition coefficient (Wildman–Crippen LogP) is 4.37. The normalized spacial score (nSPS) is 13.3. The summed E-state index contributed by atoms with van der Waals surface area (Å²) >= 11 is 1.78. The van der Waals surface area contributed by atoms with Gasteiger partial charge < -0.3 is 15.2 Å². The van der Waals surface area contributed by atoms with E-state index in [9.17, 15) is 4.79 Å². The van der Waals surface area contributed by atoms with Gasteiger partial charge in [-0.05, 0) is 49.1 Å². The highest BCUT2D eigenvalue weighted by Gasteiger charge is 2.27. The van der Waals surface area contributed by atoms with Gasteiger partial charge in [0, 0.05) is 34.2 Å². The fourth-order valence-electron chi connectivity index (χ4n) is 4.03. The van der Waals surface area contributed by atoms with Crippen LogP contribution in [0.5, 0.6) is 0 Å². The van der Waals surface area contributed by atoms with Crippen LogP contribution in [0, 0.1) is 0 Å². The van der Waals surface area contributed by atoms with Crippen LogP contribution in [0.1, 0.15) is 30.2 Å². The molecule has 2 heterocycles. The van der Waals surface area contributed by atoms with Crippen molar-refractivity contribution in [2.75, 3.05) is 18.0 Å². The molecule has 0 saturated carbocycles. The fourth-order valence-corrected chi connectivity index (χ4v) is 4.89. The molecule has 0 fully saturated rings. The molecule has 4 aromatic rings. The molecule has 4 nitrogen and oxygen atoms in total. The number of likely N-dealkylation sites (N-methyl/N-ethyl adjacent to an activating group) is 1. The van der Waals surface area contributed by atoms with E-state index in [-0.39, 0.29) is 17.9 Å². The van der Waals surface area contributed by atoms with Gasteiger partial charge in [-0.15, -0.1) is 11.3 Å². The van der Waals surface area contributed by atoms with Crippen molar-refractivity contribution in [3.63, 3.8) is 0 Å². The van der Waals surface area contributed by atoms with Crippen molar-refractivity contribution >= 4 is 33.8 Å². The maximum Gasteiger partial charge on any atom is 0.284 e. The molecule has 0 bridgehead atoms. The molecule has 154 valence electrons. The van der Waals surface area contributed by atoms with Gasteiger partial charge in [0.2, 0.25) is 0 Å². The highest BCUT2D eigenvalue weighted by atomic mass is 32.1. The van der Waals surface area contributed by atoms with Gasteiger partial charge in [-0.1, -0.05) is 42.5 Å². The highest BCUT2D eigenvalue weighted by molar-refractivity contribution is 7.10. The second kappa shape index (κ2) is 9.28. The third-order valence-corrected chi connectivity index (χ3v) is 6.63. The SMILES string of the molecule is CCN(C(=O)[C@H](C)[NH2+]C[C@@H](c1cccs1)c1c[nH]c2ccccc12)c1ccccc1. The summed E-state index contributed by atoms with van der Waals surface area (Å²) in [7, 11) is 0. The van der Waals surface area contributed by atoms with Crippen LogP contribution in [0.25, 0.3) is 10.9 Å². The van der Waals surface area contributed by atoms with Crippen molar-refractivity contribution in [2.45, 2.75) is 25.8 Å². The van der Waals surface area contributed by atoms with E-state index in [2.05, 4.69) is 58.3 Å². The highest BCUT2D eigenvalue weighted by Crippen LogP contribution is 2.32. The second-order valence-electron chi connectivity index (χ2n) is 7.54. The fraction of sp³-hybridized carbons (Fsp3) is 0.240. The molecule has 4 rings (SSSR count). The number of thiophene rings is 1. The van der Waals surface area contributed by atoms with Crippen molar-refractivity contribution in [3.05, 3.63) is 88.7 Å². The first kappa shape index (κ1) is 20.4. The molecule has 1 amide bonds. The van der Waals surface area contributed by atoms with Crippen molar-refractivity contribution in [1.82, 2.24) is 4.98 Å². The number of fused-ring (bicyclic) bond motifs is 1. The quantitative estimate of drug-likeness (QED) is 0.439. The maximum absolute atomic E-state index is 13.2. The maximum atomic E-state index is 13.2. The molecule has 0 spiro atoms. The number of aromatic nitrogens is 1. The van der Waals surface area contributed by atoms with Gasteiger partial charge in [0.25, 0.3) is 5.91 Å². The third-order valence-electron chi connectivity index (χ3n) is 5.65. The van der Waals surface area contributed by atoms with Gasteiger partial charge in [-0.25, -0.2) is 0 Å². The number of hydrogen-bond donors (Lipinski definition) is 2. The Labute approximate surface area is 181 Å². The van der Waals surface area contributed by atoms with Gasteiger partial charge in [0.15, 0.2) is 6.04 Å². The summed E-state index contributed by atoms with van der Waals surface area (Å²) in [5.74, 6) is 0.385. The smallest absolute Gasteiger partial charge is 0.284 e. The molecular weight excluding hydrogens is 390 g/mol. The van der Waals surface area contributed by atoms with Gasteiger partial charge in [0.1, 0.15) is 0 Å². The number of hydrogen-bond acceptors (Lipinski definition) is 2. The number of nitrogens with zero attached hydrogens (tertiary/aromatic N) is 1. The van der Waals surface area contributed by atoms with Crippen molar-refractivity contribution in [3.8, 4) is 0 Å². The lowest BCUT2D eigenvalue weighted by molar-refractivity contribution is -0.674. The average Bonchev–Trinajstić information content (AvgIpc) is 3.46. The van der Waals surface area contributed by atoms with Crippen LogP contribution in [-0.4, -0.2) is 30.0 Å². The standard InChI is InChI=1S/C25H27N3OS/c1-3-28(19-10-5-4-6-11-19)25(29)18(2)26-17-22(24-14-9-15-30-24)21-16-27-23-13-8-7-12-20(21)23/h4-16,18,22,26-27H,3,17H2,1-2H3/p+1/t18-,22+/m0/s1. The zero-order valence-electron chi connectivity index (χ0n) is 17.4. The number of nitrogens with one attached hydrogen (secondary N) is 1. The average molecular weight is 419 g/mol. The first-order valence-corrected chi connectivity index (χ1v) is 11.4. The summed E-state index contributed by atoms with van der Waals surface area (Å²) in [6, 6.07) is 22.5. The topological polar surface area (TPSA) is 52.7 Å². The van der Waals surface area contributed by atoms with E-state index in [4.69, 9.17) is 0 Å². The summed E-state index contributed by atoms with van der Waals surface area (Å²) in [6.45, 7) is 5.52. The van der Waals surface area contributed by atoms with E-state index < -0.39 is 0 Å². The Bertz CT molecular complexity index is 1090. The van der Waals surface area contributed by atoms with Crippen LogP contribution >= 0.6 is 11.3 Å². The molecule has 2 aromatic carbocycles. The van der Waals surface area contributed by atoms with E-state index in [1.54, 1.807) is 11.3 Å². The molecule has 0 unspecified atom stereocenters. The number of aromatic amines is 1. The van der Waals surface area contributed by atoms with Crippen LogP contribution in [0.2, 0.25) is 0 Å². The zero-order chi connectivity index (χ0) is 20.9. The second-order valence-corrected chi connectivity index (χ2v) is 8.52. The summed E-state index contributed by atoms with van der Waals surface area (Å²) < 4.78 is 0. The Morgan fingerprint density at radius 2 is 1.83 bits per heavy atom. The van der Waals surface area contributed by atoms with Crippen LogP contribution < -0.4 is 10.2 Å². The number of para-hydroxylation sites is 2. The number of carbonyl (C=O) groups excluding carboxylic acids is 1. The van der Waals surface area contributed by atoms with Crippen molar-refractivity contribution in [2.24, 2.45) is 0 Å². The number of anilines is 1. The van der Waals surface area contributed by atoms with E-state index in [0.29, 0.717) is 6.54 Å². The molecule has 0 aliphatic rings. The number of nitrogens with two attached hydrogens (primary N) is 1.